The molecule has 0 radical (unpaired) electrons. The third-order valence-electron chi connectivity index (χ3n) is 6.52. The van der Waals surface area contributed by atoms with Crippen LogP contribution in [0.25, 0.3) is 17.0 Å². The van der Waals surface area contributed by atoms with E-state index in [4.69, 9.17) is 19.0 Å². The van der Waals surface area contributed by atoms with Gasteiger partial charge in [0, 0.05) is 11.3 Å². The van der Waals surface area contributed by atoms with Crippen molar-refractivity contribution in [2.45, 2.75) is 26.3 Å². The van der Waals surface area contributed by atoms with Gasteiger partial charge < -0.3 is 19.3 Å². The van der Waals surface area contributed by atoms with Crippen LogP contribution in [0, 0.1) is 0 Å². The van der Waals surface area contributed by atoms with Crippen LogP contribution in [0.1, 0.15) is 36.9 Å². The molecule has 2 amide bonds. The van der Waals surface area contributed by atoms with E-state index in [1.807, 2.05) is 79.7 Å². The summed E-state index contributed by atoms with van der Waals surface area (Å²) in [6.45, 7) is 3.99. The number of carbonyl (C=O) groups is 1. The second-order valence-corrected chi connectivity index (χ2v) is 8.67. The van der Waals surface area contributed by atoms with Gasteiger partial charge in [-0.3, -0.25) is 4.90 Å². The molecule has 8 heteroatoms. The van der Waals surface area contributed by atoms with Crippen molar-refractivity contribution in [3.8, 4) is 22.9 Å². The lowest BCUT2D eigenvalue weighted by Crippen LogP contribution is -2.46. The number of nitrogens with one attached hydrogen (secondary N) is 1. The van der Waals surface area contributed by atoms with Gasteiger partial charge in [0.25, 0.3) is 5.89 Å². The van der Waals surface area contributed by atoms with Crippen molar-refractivity contribution in [3.05, 3.63) is 95.5 Å². The summed E-state index contributed by atoms with van der Waals surface area (Å²) in [5, 5.41) is 7.37. The fraction of sp³-hybridized carbons (Fsp3) is 0.207. The van der Waals surface area contributed by atoms with Gasteiger partial charge in [0.05, 0.1) is 31.5 Å². The van der Waals surface area contributed by atoms with Gasteiger partial charge in [-0.1, -0.05) is 36.3 Å². The largest absolute Gasteiger partial charge is 0.497 e. The van der Waals surface area contributed by atoms with Crippen molar-refractivity contribution in [2.24, 2.45) is 0 Å². The molecule has 1 aromatic heterocycles. The number of hydrogen-bond acceptors (Lipinski definition) is 6. The monoisotopic (exact) mass is 496 g/mol. The lowest BCUT2D eigenvalue weighted by molar-refractivity contribution is 0.244. The van der Waals surface area contributed by atoms with Crippen LogP contribution >= 0.6 is 0 Å². The number of benzene rings is 3. The molecule has 0 aliphatic carbocycles. The fourth-order valence-electron chi connectivity index (χ4n) is 4.47. The van der Waals surface area contributed by atoms with Crippen molar-refractivity contribution in [3.63, 3.8) is 0 Å². The van der Waals surface area contributed by atoms with E-state index >= 15 is 0 Å². The number of nitrogens with zero attached hydrogens (tertiary/aromatic N) is 3. The maximum atomic E-state index is 13.4. The summed E-state index contributed by atoms with van der Waals surface area (Å²) in [5.74, 6) is 2.19. The first-order valence-electron chi connectivity index (χ1n) is 12.0. The Morgan fingerprint density at radius 1 is 0.973 bits per heavy atom. The Bertz CT molecular complexity index is 1440. The van der Waals surface area contributed by atoms with Crippen LogP contribution in [0.3, 0.4) is 0 Å². The number of urea groups is 1. The van der Waals surface area contributed by atoms with Crippen molar-refractivity contribution in [1.82, 2.24) is 15.5 Å². The zero-order chi connectivity index (χ0) is 25.9. The van der Waals surface area contributed by atoms with Crippen LogP contribution in [0.2, 0.25) is 0 Å². The fourth-order valence-corrected chi connectivity index (χ4v) is 4.47. The Kier molecular flexibility index (Phi) is 6.64. The molecule has 0 bridgehead atoms. The molecule has 5 rings (SSSR count). The van der Waals surface area contributed by atoms with Crippen LogP contribution in [0.15, 0.2) is 83.0 Å². The second-order valence-electron chi connectivity index (χ2n) is 8.67. The van der Waals surface area contributed by atoms with E-state index in [9.17, 15) is 4.79 Å². The van der Waals surface area contributed by atoms with Gasteiger partial charge in [-0.15, -0.1) is 0 Å². The molecule has 1 atom stereocenters. The van der Waals surface area contributed by atoms with Gasteiger partial charge in [0.2, 0.25) is 5.82 Å². The van der Waals surface area contributed by atoms with Crippen LogP contribution in [0.4, 0.5) is 10.5 Å². The van der Waals surface area contributed by atoms with Gasteiger partial charge in [-0.2, -0.15) is 4.98 Å². The Balaban J connectivity index is 1.62. The van der Waals surface area contributed by atoms with E-state index in [0.717, 1.165) is 29.0 Å². The van der Waals surface area contributed by atoms with Crippen LogP contribution in [-0.4, -0.2) is 30.4 Å². The summed E-state index contributed by atoms with van der Waals surface area (Å²) in [7, 11) is 3.23. The highest BCUT2D eigenvalue weighted by Gasteiger charge is 2.36. The van der Waals surface area contributed by atoms with E-state index in [0.29, 0.717) is 28.7 Å². The number of carbonyl (C=O) groups excluding carboxylic acids is 1. The van der Waals surface area contributed by atoms with Crippen molar-refractivity contribution < 1.29 is 18.8 Å². The summed E-state index contributed by atoms with van der Waals surface area (Å²) in [4.78, 5) is 19.8. The lowest BCUT2D eigenvalue weighted by atomic mass is 9.94. The molecule has 1 aliphatic heterocycles. The quantitative estimate of drug-likeness (QED) is 0.337. The van der Waals surface area contributed by atoms with Crippen LogP contribution in [-0.2, 0) is 6.42 Å². The van der Waals surface area contributed by atoms with Gasteiger partial charge in [-0.25, -0.2) is 4.79 Å². The normalized spacial score (nSPS) is 15.5. The number of allylic oxidation sites excluding steroid dienone is 1. The number of ether oxygens (including phenoxy) is 2. The van der Waals surface area contributed by atoms with Crippen molar-refractivity contribution in [2.75, 3.05) is 19.1 Å². The van der Waals surface area contributed by atoms with Crippen LogP contribution in [0.5, 0.6) is 11.5 Å². The minimum atomic E-state index is -0.516. The first-order valence-corrected chi connectivity index (χ1v) is 12.0. The third-order valence-corrected chi connectivity index (χ3v) is 6.52. The highest BCUT2D eigenvalue weighted by molar-refractivity contribution is 6.01. The van der Waals surface area contributed by atoms with E-state index in [2.05, 4.69) is 17.4 Å². The van der Waals surface area contributed by atoms with E-state index in [-0.39, 0.29) is 6.03 Å². The number of aryl methyl sites for hydroxylation is 1. The molecule has 1 aliphatic rings. The van der Waals surface area contributed by atoms with Gasteiger partial charge in [0.15, 0.2) is 0 Å². The number of rotatable bonds is 7. The maximum Gasteiger partial charge on any atom is 0.326 e. The zero-order valence-electron chi connectivity index (χ0n) is 21.2. The van der Waals surface area contributed by atoms with Gasteiger partial charge >= 0.3 is 6.03 Å². The number of hydrogen-bond donors (Lipinski definition) is 1. The predicted octanol–water partition coefficient (Wildman–Crippen LogP) is 6.02. The molecule has 4 aromatic rings. The van der Waals surface area contributed by atoms with Gasteiger partial charge in [-0.05, 0) is 73.0 Å². The number of anilines is 1. The zero-order valence-corrected chi connectivity index (χ0v) is 21.2. The summed E-state index contributed by atoms with van der Waals surface area (Å²) in [6.07, 6.45) is 0.917. The summed E-state index contributed by atoms with van der Waals surface area (Å²) < 4.78 is 16.5. The second kappa shape index (κ2) is 10.2. The first kappa shape index (κ1) is 24.1. The number of amides is 2. The summed E-state index contributed by atoms with van der Waals surface area (Å²) in [5.41, 5.74) is 4.98. The first-order chi connectivity index (χ1) is 18.0. The average Bonchev–Trinajstić information content (AvgIpc) is 3.43. The molecular weight excluding hydrogens is 468 g/mol. The highest BCUT2D eigenvalue weighted by atomic mass is 16.5. The van der Waals surface area contributed by atoms with Gasteiger partial charge in [0.1, 0.15) is 11.5 Å². The SMILES string of the molecule is CCc1ccc(N2C(=O)NC(c3cccc(OC)c3)C(c3nc(-c4ccc(OC)cc4)no3)=C2C)cc1. The Hall–Kier alpha value is -4.59. The lowest BCUT2D eigenvalue weighted by Gasteiger charge is -2.35. The van der Waals surface area contributed by atoms with E-state index in [1.54, 1.807) is 19.1 Å². The molecular formula is C29H28N4O4. The molecule has 1 unspecified atom stereocenters. The molecule has 8 nitrogen and oxygen atoms in total. The van der Waals surface area contributed by atoms with E-state index in [1.165, 1.54) is 5.56 Å². The minimum absolute atomic E-state index is 0.242. The topological polar surface area (TPSA) is 89.7 Å². The Labute approximate surface area is 215 Å². The minimum Gasteiger partial charge on any atom is -0.497 e. The molecule has 0 fully saturated rings. The Morgan fingerprint density at radius 3 is 2.38 bits per heavy atom. The summed E-state index contributed by atoms with van der Waals surface area (Å²) in [6, 6.07) is 22.2. The van der Waals surface area contributed by atoms with Crippen molar-refractivity contribution in [1.29, 1.82) is 0 Å². The Morgan fingerprint density at radius 2 is 1.70 bits per heavy atom. The third kappa shape index (κ3) is 4.65. The standard InChI is InChI=1S/C29H28N4O4/c1-5-19-9-13-22(14-10-19)33-18(2)25(26(30-29(33)34)21-7-6-8-24(17-21)36-4)28-31-27(32-37-28)20-11-15-23(35-3)16-12-20/h6-17,26H,5H2,1-4H3,(H,30,34). The molecule has 188 valence electrons. The van der Waals surface area contributed by atoms with Crippen LogP contribution < -0.4 is 19.7 Å². The molecule has 0 saturated heterocycles. The average molecular weight is 497 g/mol. The highest BCUT2D eigenvalue weighted by Crippen LogP contribution is 2.40. The maximum absolute atomic E-state index is 13.4. The molecule has 0 spiro atoms. The summed E-state index contributed by atoms with van der Waals surface area (Å²) >= 11 is 0. The molecule has 2 heterocycles. The number of methoxy groups -OCH3 is 2. The molecule has 1 N–H and O–H groups in total. The number of aromatic nitrogens is 2. The molecule has 3 aromatic carbocycles. The molecule has 37 heavy (non-hydrogen) atoms. The predicted molar refractivity (Wildman–Crippen MR) is 141 cm³/mol. The molecule has 0 saturated carbocycles. The van der Waals surface area contributed by atoms with E-state index < -0.39 is 6.04 Å². The van der Waals surface area contributed by atoms with Crippen molar-refractivity contribution >= 4 is 17.3 Å². The smallest absolute Gasteiger partial charge is 0.326 e.